The number of ether oxygens (including phenoxy) is 1. The molecule has 0 bridgehead atoms. The van der Waals surface area contributed by atoms with E-state index >= 15 is 0 Å². The predicted octanol–water partition coefficient (Wildman–Crippen LogP) is -1.12. The van der Waals surface area contributed by atoms with Crippen LogP contribution in [0.25, 0.3) is 0 Å². The second-order valence-electron chi connectivity index (χ2n) is 5.96. The van der Waals surface area contributed by atoms with Crippen molar-refractivity contribution in [2.75, 3.05) is 20.2 Å². The smallest absolute Gasteiger partial charge is 0.629 e. The normalized spacial score (nSPS) is 42.6. The van der Waals surface area contributed by atoms with Gasteiger partial charge in [-0.3, -0.25) is 4.90 Å². The van der Waals surface area contributed by atoms with Crippen LogP contribution in [-0.4, -0.2) is 53.4 Å². The van der Waals surface area contributed by atoms with Gasteiger partial charge >= 0.3 is 6.09 Å². The Morgan fingerprint density at radius 3 is 2.58 bits per heavy atom. The Labute approximate surface area is 110 Å². The van der Waals surface area contributed by atoms with E-state index in [0.29, 0.717) is 18.8 Å². The maximum Gasteiger partial charge on any atom is 0.629 e. The van der Waals surface area contributed by atoms with Gasteiger partial charge in [0.1, 0.15) is 0 Å². The monoisotopic (exact) mass is 270 g/mol. The number of piperidine rings is 1. The molecule has 1 aliphatic carbocycles. The topological polar surface area (TPSA) is 97.1 Å². The van der Waals surface area contributed by atoms with Crippen LogP contribution in [0.15, 0.2) is 5.16 Å². The summed E-state index contributed by atoms with van der Waals surface area (Å²) < 4.78 is 5.14. The summed E-state index contributed by atoms with van der Waals surface area (Å²) in [6.07, 6.45) is -0.656. The standard InChI is InChI=1S/C12H17N2O5/c1-11(2)12(17,18-3)9(13-19-11)8-6-4-14(10(15)16)5-7(6)8/h6-8H,4-5H2,1-3H3,(H,15,16)/q-1/p+1. The minimum atomic E-state index is -1.77. The van der Waals surface area contributed by atoms with Gasteiger partial charge in [0.05, 0.1) is 16.3 Å². The van der Waals surface area contributed by atoms with Gasteiger partial charge in [-0.05, 0) is 25.7 Å². The lowest BCUT2D eigenvalue weighted by Gasteiger charge is -2.44. The van der Waals surface area contributed by atoms with E-state index in [4.69, 9.17) is 14.7 Å². The van der Waals surface area contributed by atoms with Gasteiger partial charge in [0.2, 0.25) is 0 Å². The minimum absolute atomic E-state index is 0.0230. The minimum Gasteiger partial charge on any atom is -0.821 e. The quantitative estimate of drug-likeness (QED) is 0.468. The van der Waals surface area contributed by atoms with Crippen LogP contribution in [-0.2, 0) is 9.57 Å². The lowest BCUT2D eigenvalue weighted by Crippen LogP contribution is -2.64. The maximum atomic E-state index is 12.8. The number of carbonyl (C=O) groups is 1. The molecule has 0 aromatic carbocycles. The number of amides is 1. The van der Waals surface area contributed by atoms with Crippen molar-refractivity contribution in [1.29, 1.82) is 0 Å². The van der Waals surface area contributed by atoms with E-state index in [0.717, 1.165) is 0 Å². The summed E-state index contributed by atoms with van der Waals surface area (Å²) in [5, 5.41) is 23.8. The van der Waals surface area contributed by atoms with Crippen molar-refractivity contribution in [2.24, 2.45) is 22.9 Å². The van der Waals surface area contributed by atoms with Gasteiger partial charge in [-0.15, -0.1) is 0 Å². The van der Waals surface area contributed by atoms with E-state index in [2.05, 4.69) is 5.16 Å². The number of rotatable bonds is 2. The summed E-state index contributed by atoms with van der Waals surface area (Å²) >= 11 is 0. The first kappa shape index (κ1) is 12.7. The molecule has 2 heterocycles. The molecular formula is C12H18N2O5. The van der Waals surface area contributed by atoms with Gasteiger partial charge in [0, 0.05) is 26.1 Å². The first-order chi connectivity index (χ1) is 8.82. The van der Waals surface area contributed by atoms with E-state index in [9.17, 15) is 9.90 Å². The zero-order valence-electron chi connectivity index (χ0n) is 11.2. The highest BCUT2D eigenvalue weighted by Gasteiger charge is 2.65. The van der Waals surface area contributed by atoms with Gasteiger partial charge in [0.25, 0.3) is 0 Å². The van der Waals surface area contributed by atoms with E-state index in [-0.39, 0.29) is 17.8 Å². The van der Waals surface area contributed by atoms with Crippen LogP contribution in [0, 0.1) is 17.8 Å². The Morgan fingerprint density at radius 2 is 2.11 bits per heavy atom. The number of nitrogens with zero attached hydrogens (tertiary/aromatic N) is 2. The maximum absolute atomic E-state index is 12.8. The molecule has 7 nitrogen and oxygen atoms in total. The lowest BCUT2D eigenvalue weighted by molar-refractivity contribution is -0.548. The van der Waals surface area contributed by atoms with Gasteiger partial charge in [-0.2, -0.15) is 0 Å². The molecule has 2 N–H and O–H groups in total. The SMILES string of the molecule is COC1([O-])C(C2C3CN(C(=O)[OH2+])CC32)=NOC1(C)C. The molecule has 3 atom stereocenters. The third kappa shape index (κ3) is 1.51. The summed E-state index contributed by atoms with van der Waals surface area (Å²) in [6, 6.07) is 0. The van der Waals surface area contributed by atoms with Crippen molar-refractivity contribution < 1.29 is 24.6 Å². The van der Waals surface area contributed by atoms with E-state index in [1.165, 1.54) is 12.0 Å². The highest BCUT2D eigenvalue weighted by Crippen LogP contribution is 2.55. The van der Waals surface area contributed by atoms with Crippen LogP contribution >= 0.6 is 0 Å². The number of methoxy groups -OCH3 is 1. The first-order valence-electron chi connectivity index (χ1n) is 6.34. The summed E-state index contributed by atoms with van der Waals surface area (Å²) in [5.74, 6) is -1.31. The van der Waals surface area contributed by atoms with Crippen LogP contribution < -0.4 is 5.11 Å². The second-order valence-corrected chi connectivity index (χ2v) is 5.96. The number of likely N-dealkylation sites (tertiary alicyclic amines) is 1. The molecule has 106 valence electrons. The van der Waals surface area contributed by atoms with Gasteiger partial charge in [-0.1, -0.05) is 5.16 Å². The zero-order chi connectivity index (χ0) is 14.0. The van der Waals surface area contributed by atoms with Gasteiger partial charge < -0.3 is 19.8 Å². The predicted molar refractivity (Wildman–Crippen MR) is 63.4 cm³/mol. The summed E-state index contributed by atoms with van der Waals surface area (Å²) in [6.45, 7) is 4.38. The molecule has 1 saturated carbocycles. The third-order valence-corrected chi connectivity index (χ3v) is 4.59. The molecule has 7 heteroatoms. The van der Waals surface area contributed by atoms with Crippen molar-refractivity contribution in [2.45, 2.75) is 25.2 Å². The fourth-order valence-electron chi connectivity index (χ4n) is 3.32. The van der Waals surface area contributed by atoms with Gasteiger partial charge in [0.15, 0.2) is 5.60 Å². The zero-order valence-corrected chi connectivity index (χ0v) is 11.2. The Hall–Kier alpha value is -1.34. The Morgan fingerprint density at radius 1 is 1.53 bits per heavy atom. The number of fused-ring (bicyclic) bond motifs is 1. The molecule has 3 aliphatic rings. The van der Waals surface area contributed by atoms with E-state index in [1.54, 1.807) is 13.8 Å². The first-order valence-corrected chi connectivity index (χ1v) is 6.34. The largest absolute Gasteiger partial charge is 0.821 e. The van der Waals surface area contributed by atoms with Crippen molar-refractivity contribution in [1.82, 2.24) is 4.90 Å². The summed E-state index contributed by atoms with van der Waals surface area (Å²) in [5.41, 5.74) is -0.620. The molecule has 0 spiro atoms. The number of hydrogen-bond acceptors (Lipinski definition) is 5. The highest BCUT2D eigenvalue weighted by molar-refractivity contribution is 5.97. The van der Waals surface area contributed by atoms with Crippen molar-refractivity contribution in [3.8, 4) is 0 Å². The highest BCUT2D eigenvalue weighted by atomic mass is 16.7. The molecule has 0 radical (unpaired) electrons. The van der Waals surface area contributed by atoms with Crippen LogP contribution in [0.5, 0.6) is 0 Å². The van der Waals surface area contributed by atoms with Crippen molar-refractivity contribution in [3.63, 3.8) is 0 Å². The van der Waals surface area contributed by atoms with Crippen LogP contribution in [0.3, 0.4) is 0 Å². The molecule has 2 fully saturated rings. The Bertz CT molecular complexity index is 451. The molecule has 1 amide bonds. The van der Waals surface area contributed by atoms with Crippen molar-refractivity contribution in [3.05, 3.63) is 0 Å². The third-order valence-electron chi connectivity index (χ3n) is 4.59. The molecular weight excluding hydrogens is 252 g/mol. The van der Waals surface area contributed by atoms with E-state index in [1.807, 2.05) is 0 Å². The average molecular weight is 270 g/mol. The summed E-state index contributed by atoms with van der Waals surface area (Å²) in [7, 11) is 1.37. The fourth-order valence-corrected chi connectivity index (χ4v) is 3.32. The molecule has 1 saturated heterocycles. The van der Waals surface area contributed by atoms with E-state index < -0.39 is 17.5 Å². The Balaban J connectivity index is 1.76. The summed E-state index contributed by atoms with van der Waals surface area (Å²) in [4.78, 5) is 17.7. The molecule has 0 aromatic rings. The molecule has 3 unspecified atom stereocenters. The molecule has 19 heavy (non-hydrogen) atoms. The molecule has 2 aliphatic heterocycles. The molecule has 3 rings (SSSR count). The Kier molecular flexibility index (Phi) is 2.41. The van der Waals surface area contributed by atoms with Crippen LogP contribution in [0.1, 0.15) is 13.8 Å². The van der Waals surface area contributed by atoms with Crippen LogP contribution in [0.4, 0.5) is 4.79 Å². The average Bonchev–Trinajstić information content (AvgIpc) is 2.72. The lowest BCUT2D eigenvalue weighted by atomic mass is 9.90. The van der Waals surface area contributed by atoms with Crippen molar-refractivity contribution >= 4 is 11.8 Å². The number of carbonyl (C=O) groups excluding carboxylic acids is 1. The number of oxime groups is 1. The fraction of sp³-hybridized carbons (Fsp3) is 0.833. The second kappa shape index (κ2) is 3.61. The number of hydrogen-bond donors (Lipinski definition) is 0. The van der Waals surface area contributed by atoms with Crippen LogP contribution in [0.2, 0.25) is 0 Å². The van der Waals surface area contributed by atoms with Gasteiger partial charge in [-0.25, -0.2) is 0 Å². The molecule has 0 aromatic heterocycles.